The second-order valence-electron chi connectivity index (χ2n) is 5.26. The molecule has 1 nitrogen and oxygen atoms in total. The molecule has 0 radical (unpaired) electrons. The van der Waals surface area contributed by atoms with Gasteiger partial charge in [-0.2, -0.15) is 0 Å². The van der Waals surface area contributed by atoms with Gasteiger partial charge in [0.05, 0.1) is 0 Å². The third-order valence-corrected chi connectivity index (χ3v) is 9.68. The van der Waals surface area contributed by atoms with E-state index in [4.69, 9.17) is 5.11 Å². The van der Waals surface area contributed by atoms with Gasteiger partial charge in [-0.25, -0.2) is 0 Å². The maximum atomic E-state index is 9.01. The minimum Gasteiger partial charge on any atom is -1.00 e. The fourth-order valence-corrected chi connectivity index (χ4v) is 10.3. The molecule has 2 aliphatic rings. The fraction of sp³-hybridized carbons (Fsp3) is 0.467. The number of aliphatic hydroxyl groups excluding tert-OH is 1. The molecular weight excluding hydrogens is 386 g/mol. The van der Waals surface area contributed by atoms with E-state index in [0.29, 0.717) is 6.61 Å². The molecule has 0 unspecified atom stereocenters. The third-order valence-electron chi connectivity index (χ3n) is 3.49. The SMILES string of the molecule is C[SiH](C)C1=[C]([Zr+2][C]2=CC=CC2)CC=C1CCCO.[Cl-].[Cl-]. The van der Waals surface area contributed by atoms with E-state index in [9.17, 15) is 0 Å². The fourth-order valence-electron chi connectivity index (χ4n) is 2.72. The predicted molar refractivity (Wildman–Crippen MR) is 76.8 cm³/mol. The third kappa shape index (κ3) is 5.42. The van der Waals surface area contributed by atoms with Gasteiger partial charge in [0, 0.05) is 0 Å². The van der Waals surface area contributed by atoms with Crippen molar-refractivity contribution in [1.29, 1.82) is 0 Å². The van der Waals surface area contributed by atoms with Crippen molar-refractivity contribution in [2.75, 3.05) is 6.61 Å². The molecule has 0 saturated heterocycles. The average Bonchev–Trinajstić information content (AvgIpc) is 2.96. The van der Waals surface area contributed by atoms with Gasteiger partial charge in [-0.15, -0.1) is 0 Å². The molecule has 0 heterocycles. The maximum Gasteiger partial charge on any atom is -1.00 e. The minimum atomic E-state index is -0.717. The van der Waals surface area contributed by atoms with E-state index in [0.717, 1.165) is 12.8 Å². The summed E-state index contributed by atoms with van der Waals surface area (Å²) in [6, 6.07) is 0. The summed E-state index contributed by atoms with van der Waals surface area (Å²) >= 11 is -0.486. The van der Waals surface area contributed by atoms with Gasteiger partial charge in [-0.1, -0.05) is 0 Å². The molecule has 5 heteroatoms. The Morgan fingerprint density at radius 3 is 2.55 bits per heavy atom. The van der Waals surface area contributed by atoms with E-state index in [1.165, 1.54) is 12.8 Å². The molecule has 0 aromatic carbocycles. The Kier molecular flexibility index (Phi) is 10.7. The zero-order chi connectivity index (χ0) is 13.0. The maximum absolute atomic E-state index is 9.01. The number of hydrogen-bond donors (Lipinski definition) is 1. The Balaban J connectivity index is 0.00000180. The zero-order valence-electron chi connectivity index (χ0n) is 12.1. The van der Waals surface area contributed by atoms with Crippen molar-refractivity contribution in [3.63, 3.8) is 0 Å². The molecule has 2 aliphatic carbocycles. The van der Waals surface area contributed by atoms with Crippen LogP contribution in [0.1, 0.15) is 25.7 Å². The number of hydrogen-bond acceptors (Lipinski definition) is 1. The van der Waals surface area contributed by atoms with Crippen LogP contribution in [0.25, 0.3) is 0 Å². The topological polar surface area (TPSA) is 20.2 Å². The monoisotopic (exact) mass is 406 g/mol. The van der Waals surface area contributed by atoms with Gasteiger partial charge in [0.25, 0.3) is 0 Å². The van der Waals surface area contributed by atoms with E-state index in [1.54, 1.807) is 14.1 Å². The molecule has 110 valence electrons. The van der Waals surface area contributed by atoms with Crippen molar-refractivity contribution in [2.24, 2.45) is 0 Å². The van der Waals surface area contributed by atoms with Crippen LogP contribution < -0.4 is 24.8 Å². The van der Waals surface area contributed by atoms with Gasteiger partial charge in [-0.3, -0.25) is 0 Å². The van der Waals surface area contributed by atoms with Gasteiger partial charge in [0.15, 0.2) is 0 Å². The first-order chi connectivity index (χ1) is 8.72. The van der Waals surface area contributed by atoms with Crippen LogP contribution in [0.5, 0.6) is 0 Å². The Morgan fingerprint density at radius 2 is 2.00 bits per heavy atom. The van der Waals surface area contributed by atoms with E-state index < -0.39 is 32.0 Å². The number of rotatable bonds is 6. The van der Waals surface area contributed by atoms with Crippen LogP contribution in [0.2, 0.25) is 13.1 Å². The van der Waals surface area contributed by atoms with E-state index in [2.05, 4.69) is 37.4 Å². The predicted octanol–water partition coefficient (Wildman–Crippen LogP) is -2.70. The minimum absolute atomic E-state index is 0. The summed E-state index contributed by atoms with van der Waals surface area (Å²) in [5.41, 5.74) is 1.59. The summed E-state index contributed by atoms with van der Waals surface area (Å²) in [4.78, 5) is 0. The van der Waals surface area contributed by atoms with Crippen LogP contribution in [0.4, 0.5) is 0 Å². The van der Waals surface area contributed by atoms with Gasteiger partial charge < -0.3 is 24.8 Å². The first-order valence-corrected chi connectivity index (χ1v) is 12.2. The van der Waals surface area contributed by atoms with E-state index >= 15 is 0 Å². The van der Waals surface area contributed by atoms with Gasteiger partial charge in [-0.05, 0) is 0 Å². The molecule has 0 bridgehead atoms. The van der Waals surface area contributed by atoms with Crippen molar-refractivity contribution in [3.05, 3.63) is 41.6 Å². The Morgan fingerprint density at radius 1 is 1.25 bits per heavy atom. The standard InChI is InChI=1S/C10H17OSi.C5H5.2ClH.Zr/c1-12(2)10-7-3-5-9(10)6-4-8-11;1-2-4-5-3-1;;;/h5,11-12H,3-4,6,8H2,1-2H3;1-3H,4H2;2*1H;/q;;;;+2/p-2. The molecular formula is C15H22Cl2OSiZr. The second kappa shape index (κ2) is 10.3. The van der Waals surface area contributed by atoms with Crippen LogP contribution >= 0.6 is 0 Å². The quantitative estimate of drug-likeness (QED) is 0.475. The van der Waals surface area contributed by atoms with Crippen LogP contribution in [-0.2, 0) is 23.2 Å². The number of allylic oxidation sites excluding steroid dienone is 8. The summed E-state index contributed by atoms with van der Waals surface area (Å²) in [5, 5.41) is 10.8. The Labute approximate surface area is 148 Å². The second-order valence-corrected chi connectivity index (χ2v) is 11.8. The van der Waals surface area contributed by atoms with Crippen LogP contribution in [0.3, 0.4) is 0 Å². The van der Waals surface area contributed by atoms with E-state index in [-0.39, 0.29) is 24.8 Å². The normalized spacial score (nSPS) is 16.6. The Bertz CT molecular complexity index is 439. The van der Waals surface area contributed by atoms with Crippen molar-refractivity contribution in [2.45, 2.75) is 38.8 Å². The molecule has 0 fully saturated rings. The summed E-state index contributed by atoms with van der Waals surface area (Å²) in [5.74, 6) is 0. The summed E-state index contributed by atoms with van der Waals surface area (Å²) < 4.78 is 3.57. The molecule has 0 saturated carbocycles. The van der Waals surface area contributed by atoms with Crippen molar-refractivity contribution >= 4 is 8.80 Å². The van der Waals surface area contributed by atoms with Crippen molar-refractivity contribution < 1.29 is 53.2 Å². The molecule has 0 atom stereocenters. The van der Waals surface area contributed by atoms with Gasteiger partial charge in [0.2, 0.25) is 0 Å². The molecule has 2 rings (SSSR count). The molecule has 0 aliphatic heterocycles. The zero-order valence-corrected chi connectivity index (χ0v) is 17.3. The van der Waals surface area contributed by atoms with Crippen molar-refractivity contribution in [3.8, 4) is 0 Å². The van der Waals surface area contributed by atoms with E-state index in [1.807, 2.05) is 3.28 Å². The van der Waals surface area contributed by atoms with Crippen molar-refractivity contribution in [1.82, 2.24) is 0 Å². The molecule has 1 N–H and O–H groups in total. The largest absolute Gasteiger partial charge is 1.00 e. The average molecular weight is 409 g/mol. The molecule has 0 aromatic heterocycles. The van der Waals surface area contributed by atoms with Crippen LogP contribution in [-0.4, -0.2) is 20.5 Å². The summed E-state index contributed by atoms with van der Waals surface area (Å²) in [7, 11) is -0.717. The van der Waals surface area contributed by atoms with Crippen LogP contribution in [0.15, 0.2) is 41.6 Å². The molecule has 0 spiro atoms. The van der Waals surface area contributed by atoms with Gasteiger partial charge in [0.1, 0.15) is 0 Å². The van der Waals surface area contributed by atoms with Crippen LogP contribution in [0, 0.1) is 0 Å². The number of aliphatic hydroxyl groups is 1. The summed E-state index contributed by atoms with van der Waals surface area (Å²) in [6.07, 6.45) is 13.8. The first-order valence-electron chi connectivity index (χ1n) is 6.88. The molecule has 0 aromatic rings. The molecule has 20 heavy (non-hydrogen) atoms. The summed E-state index contributed by atoms with van der Waals surface area (Å²) in [6.45, 7) is 5.23. The Hall–Kier alpha value is 0.600. The molecule has 0 amide bonds. The smallest absolute Gasteiger partial charge is 1.00 e. The number of halogens is 2. The van der Waals surface area contributed by atoms with Gasteiger partial charge >= 0.3 is 124 Å². The first kappa shape index (κ1) is 20.6.